The molecule has 0 aromatic heterocycles. The van der Waals surface area contributed by atoms with Gasteiger partial charge in [-0.3, -0.25) is 19.2 Å². The summed E-state index contributed by atoms with van der Waals surface area (Å²) in [6, 6.07) is -4.94. The smallest absolute Gasteiger partial charge is 0.326 e. The molecule has 0 aromatic carbocycles. The van der Waals surface area contributed by atoms with E-state index in [1.807, 2.05) is 0 Å². The molecule has 0 bridgehead atoms. The molecule has 2 aliphatic carbocycles. The van der Waals surface area contributed by atoms with Crippen molar-refractivity contribution in [2.24, 2.45) is 34.3 Å². The molecule has 3 aliphatic rings. The van der Waals surface area contributed by atoms with Crippen molar-refractivity contribution in [2.75, 3.05) is 6.54 Å². The number of Topliss-reactive ketones (excluding diaryl/α,β-unsaturated/α-hetero) is 1. The maximum absolute atomic E-state index is 13.8. The van der Waals surface area contributed by atoms with Gasteiger partial charge in [-0.1, -0.05) is 60.8 Å². The Labute approximate surface area is 229 Å². The number of hydrogen-bond donors (Lipinski definition) is 5. The second kappa shape index (κ2) is 11.1. The van der Waals surface area contributed by atoms with Gasteiger partial charge in [-0.05, 0) is 41.4 Å². The second-order valence-corrected chi connectivity index (χ2v) is 13.5. The van der Waals surface area contributed by atoms with Gasteiger partial charge in [0.2, 0.25) is 17.6 Å². The molecule has 3 rings (SSSR count). The molecule has 218 valence electrons. The number of aliphatic carboxylic acids is 1. The topological polar surface area (TPSA) is 188 Å². The van der Waals surface area contributed by atoms with E-state index in [2.05, 4.69) is 16.0 Å². The molecular weight excluding hydrogens is 506 g/mol. The number of primary amides is 1. The molecule has 2 saturated carbocycles. The SMILES string of the molecule is CC(C)(C)[C@H](NC(=O)N[C@@H](C(=O)O)C(C)(C)C)C(=O)N1C[C@@H]2C[C@@H]2[C@H]1C(=O)NC(CC1CCC1)C(=O)C(N)=O. The van der Waals surface area contributed by atoms with Gasteiger partial charge >= 0.3 is 12.0 Å². The Balaban J connectivity index is 1.76. The zero-order valence-electron chi connectivity index (χ0n) is 23.7. The van der Waals surface area contributed by atoms with E-state index in [-0.39, 0.29) is 17.8 Å². The van der Waals surface area contributed by atoms with Gasteiger partial charge in [0.1, 0.15) is 18.1 Å². The van der Waals surface area contributed by atoms with Gasteiger partial charge in [-0.2, -0.15) is 0 Å². The molecule has 0 radical (unpaired) electrons. The van der Waals surface area contributed by atoms with Crippen molar-refractivity contribution in [1.29, 1.82) is 0 Å². The number of urea groups is 1. The van der Waals surface area contributed by atoms with E-state index >= 15 is 0 Å². The fraction of sp³-hybridized carbons (Fsp3) is 0.778. The first-order valence-electron chi connectivity index (χ1n) is 13.7. The summed E-state index contributed by atoms with van der Waals surface area (Å²) in [7, 11) is 0. The number of nitrogens with two attached hydrogens (primary N) is 1. The van der Waals surface area contributed by atoms with Crippen LogP contribution in [0.2, 0.25) is 0 Å². The highest BCUT2D eigenvalue weighted by Crippen LogP contribution is 2.50. The number of fused-ring (bicyclic) bond motifs is 1. The van der Waals surface area contributed by atoms with Crippen LogP contribution in [0.25, 0.3) is 0 Å². The summed E-state index contributed by atoms with van der Waals surface area (Å²) < 4.78 is 0. The monoisotopic (exact) mass is 549 g/mol. The maximum Gasteiger partial charge on any atom is 0.326 e. The Bertz CT molecular complexity index is 1030. The van der Waals surface area contributed by atoms with Gasteiger partial charge in [0.15, 0.2) is 0 Å². The van der Waals surface area contributed by atoms with Crippen molar-refractivity contribution in [2.45, 2.75) is 97.8 Å². The van der Waals surface area contributed by atoms with Crippen molar-refractivity contribution in [1.82, 2.24) is 20.9 Å². The number of hydrogen-bond acceptors (Lipinski definition) is 6. The van der Waals surface area contributed by atoms with Crippen molar-refractivity contribution in [3.05, 3.63) is 0 Å². The molecule has 39 heavy (non-hydrogen) atoms. The number of amides is 5. The first kappa shape index (κ1) is 30.4. The lowest BCUT2D eigenvalue weighted by Crippen LogP contribution is -2.62. The van der Waals surface area contributed by atoms with E-state index in [9.17, 15) is 33.9 Å². The summed E-state index contributed by atoms with van der Waals surface area (Å²) in [4.78, 5) is 77.5. The second-order valence-electron chi connectivity index (χ2n) is 13.5. The predicted molar refractivity (Wildman–Crippen MR) is 141 cm³/mol. The molecule has 1 unspecified atom stereocenters. The highest BCUT2D eigenvalue weighted by molar-refractivity contribution is 6.37. The molecule has 1 saturated heterocycles. The minimum Gasteiger partial charge on any atom is -0.480 e. The van der Waals surface area contributed by atoms with Gasteiger partial charge in [0, 0.05) is 6.54 Å². The van der Waals surface area contributed by atoms with Crippen LogP contribution in [0.15, 0.2) is 0 Å². The first-order chi connectivity index (χ1) is 17.9. The molecule has 1 aliphatic heterocycles. The van der Waals surface area contributed by atoms with Crippen LogP contribution in [-0.2, 0) is 24.0 Å². The van der Waals surface area contributed by atoms with Crippen LogP contribution in [0.4, 0.5) is 4.79 Å². The molecule has 12 heteroatoms. The molecule has 1 heterocycles. The molecule has 5 amide bonds. The number of ketones is 1. The van der Waals surface area contributed by atoms with E-state index in [0.717, 1.165) is 25.7 Å². The average Bonchev–Trinajstić information content (AvgIpc) is 3.43. The number of nitrogens with zero attached hydrogens (tertiary/aromatic N) is 1. The van der Waals surface area contributed by atoms with E-state index in [0.29, 0.717) is 13.0 Å². The molecule has 6 atom stereocenters. The minimum absolute atomic E-state index is 0.0753. The van der Waals surface area contributed by atoms with Crippen molar-refractivity contribution in [3.8, 4) is 0 Å². The molecule has 0 aromatic rings. The van der Waals surface area contributed by atoms with Gasteiger partial charge in [0.05, 0.1) is 6.04 Å². The third-order valence-electron chi connectivity index (χ3n) is 8.15. The summed E-state index contributed by atoms with van der Waals surface area (Å²) >= 11 is 0. The van der Waals surface area contributed by atoms with Crippen LogP contribution in [0, 0.1) is 28.6 Å². The standard InChI is InChI=1S/C27H43N5O7/c1-26(2,3)19(30-25(39)31-20(24(37)38)27(4,5)6)23(36)32-12-14-11-15(14)17(32)22(35)29-16(18(33)21(28)34)10-13-8-7-9-13/h13-17,19-20H,7-12H2,1-6H3,(H2,28,34)(H,29,35)(H,37,38)(H2,30,31,39)/t14-,15-,16?,17-,19+,20-/m0/s1. The van der Waals surface area contributed by atoms with Crippen LogP contribution in [-0.4, -0.2) is 76.2 Å². The van der Waals surface area contributed by atoms with Crippen LogP contribution in [0.5, 0.6) is 0 Å². The minimum atomic E-state index is -1.20. The van der Waals surface area contributed by atoms with Crippen LogP contribution >= 0.6 is 0 Å². The summed E-state index contributed by atoms with van der Waals surface area (Å²) in [6.07, 6.45) is 3.95. The van der Waals surface area contributed by atoms with Gasteiger partial charge in [-0.15, -0.1) is 0 Å². The lowest BCUT2D eigenvalue weighted by atomic mass is 9.80. The van der Waals surface area contributed by atoms with E-state index in [1.54, 1.807) is 41.5 Å². The average molecular weight is 550 g/mol. The maximum atomic E-state index is 13.8. The van der Waals surface area contributed by atoms with Crippen molar-refractivity contribution < 1.29 is 33.9 Å². The number of nitrogens with one attached hydrogen (secondary N) is 3. The lowest BCUT2D eigenvalue weighted by molar-refractivity contribution is -0.144. The third-order valence-corrected chi connectivity index (χ3v) is 8.15. The normalized spacial score (nSPS) is 24.9. The summed E-state index contributed by atoms with van der Waals surface area (Å²) in [5.74, 6) is -3.86. The number of carboxylic acids is 1. The molecule has 6 N–H and O–H groups in total. The van der Waals surface area contributed by atoms with Gasteiger partial charge < -0.3 is 31.7 Å². The lowest BCUT2D eigenvalue weighted by Gasteiger charge is -2.37. The molecule has 12 nitrogen and oxygen atoms in total. The number of carbonyl (C=O) groups is 6. The number of likely N-dealkylation sites (tertiary alicyclic amines) is 1. The van der Waals surface area contributed by atoms with Gasteiger partial charge in [-0.25, -0.2) is 9.59 Å². The Morgan fingerprint density at radius 2 is 1.49 bits per heavy atom. The van der Waals surface area contributed by atoms with Crippen LogP contribution in [0.1, 0.15) is 73.6 Å². The Morgan fingerprint density at radius 3 is 1.95 bits per heavy atom. The molecule has 3 fully saturated rings. The molecular formula is C27H43N5O7. The third kappa shape index (κ3) is 7.07. The molecule has 0 spiro atoms. The Kier molecular flexibility index (Phi) is 8.66. The Morgan fingerprint density at radius 1 is 0.923 bits per heavy atom. The number of piperidine rings is 1. The van der Waals surface area contributed by atoms with E-state index in [4.69, 9.17) is 5.73 Å². The zero-order valence-corrected chi connectivity index (χ0v) is 23.7. The van der Waals surface area contributed by atoms with Gasteiger partial charge in [0.25, 0.3) is 5.91 Å². The summed E-state index contributed by atoms with van der Waals surface area (Å²) in [5.41, 5.74) is 3.70. The van der Waals surface area contributed by atoms with E-state index in [1.165, 1.54) is 4.90 Å². The highest BCUT2D eigenvalue weighted by Gasteiger charge is 2.58. The van der Waals surface area contributed by atoms with Crippen LogP contribution < -0.4 is 21.7 Å². The summed E-state index contributed by atoms with van der Waals surface area (Å²) in [6.45, 7) is 10.7. The fourth-order valence-electron chi connectivity index (χ4n) is 5.52. The Hall–Kier alpha value is -3.18. The largest absolute Gasteiger partial charge is 0.480 e. The quantitative estimate of drug-likeness (QED) is 0.249. The predicted octanol–water partition coefficient (Wildman–Crippen LogP) is 0.776. The first-order valence-corrected chi connectivity index (χ1v) is 13.7. The van der Waals surface area contributed by atoms with Crippen molar-refractivity contribution in [3.63, 3.8) is 0 Å². The fourth-order valence-corrected chi connectivity index (χ4v) is 5.52. The number of rotatable bonds is 10. The highest BCUT2D eigenvalue weighted by atomic mass is 16.4. The summed E-state index contributed by atoms with van der Waals surface area (Å²) in [5, 5.41) is 17.4. The zero-order chi connectivity index (χ0) is 29.4. The van der Waals surface area contributed by atoms with E-state index < -0.39 is 70.5 Å². The van der Waals surface area contributed by atoms with Crippen LogP contribution in [0.3, 0.4) is 0 Å². The van der Waals surface area contributed by atoms with Crippen molar-refractivity contribution >= 4 is 35.5 Å². The number of carboxylic acid groups (broad SMARTS) is 1. The number of carbonyl (C=O) groups excluding carboxylic acids is 5.